The zero-order valence-corrected chi connectivity index (χ0v) is 13.1. The van der Waals surface area contributed by atoms with Crippen LogP contribution in [0.25, 0.3) is 10.6 Å². The van der Waals surface area contributed by atoms with Crippen molar-refractivity contribution in [3.63, 3.8) is 0 Å². The van der Waals surface area contributed by atoms with Crippen molar-refractivity contribution in [2.24, 2.45) is 0 Å². The third-order valence-corrected chi connectivity index (χ3v) is 5.03. The van der Waals surface area contributed by atoms with E-state index < -0.39 is 0 Å². The summed E-state index contributed by atoms with van der Waals surface area (Å²) in [6.07, 6.45) is 0.953. The van der Waals surface area contributed by atoms with Crippen molar-refractivity contribution in [1.29, 1.82) is 0 Å². The summed E-state index contributed by atoms with van der Waals surface area (Å²) in [7, 11) is 1.90. The van der Waals surface area contributed by atoms with E-state index in [1.807, 2.05) is 7.05 Å². The maximum atomic E-state index is 4.77. The molecule has 2 aromatic heterocycles. The fourth-order valence-electron chi connectivity index (χ4n) is 1.61. The standard InChI is InChI=1S/C13H19N3S2/c1-6-8-10(9-7-17-12(14-5)16-9)18-11(15-8)13(2,3)4/h7H,6H2,1-5H3,(H,14,16). The molecule has 3 nitrogen and oxygen atoms in total. The highest BCUT2D eigenvalue weighted by Crippen LogP contribution is 2.37. The molecule has 0 atom stereocenters. The molecule has 0 aliphatic rings. The van der Waals surface area contributed by atoms with Crippen molar-refractivity contribution in [3.05, 3.63) is 16.1 Å². The van der Waals surface area contributed by atoms with Gasteiger partial charge in [-0.25, -0.2) is 9.97 Å². The van der Waals surface area contributed by atoms with Crippen LogP contribution in [0.2, 0.25) is 0 Å². The third kappa shape index (κ3) is 2.57. The zero-order chi connectivity index (χ0) is 13.3. The summed E-state index contributed by atoms with van der Waals surface area (Å²) < 4.78 is 0. The molecule has 0 radical (unpaired) electrons. The van der Waals surface area contributed by atoms with Crippen LogP contribution in [0.4, 0.5) is 5.13 Å². The van der Waals surface area contributed by atoms with Crippen LogP contribution in [0.15, 0.2) is 5.38 Å². The summed E-state index contributed by atoms with van der Waals surface area (Å²) in [5, 5.41) is 7.33. The molecule has 2 heterocycles. The van der Waals surface area contributed by atoms with Gasteiger partial charge < -0.3 is 5.32 Å². The Balaban J connectivity index is 2.46. The lowest BCUT2D eigenvalue weighted by Gasteiger charge is -2.13. The van der Waals surface area contributed by atoms with Crippen LogP contribution >= 0.6 is 22.7 Å². The Morgan fingerprint density at radius 1 is 1.28 bits per heavy atom. The normalized spacial score (nSPS) is 11.8. The molecule has 0 saturated heterocycles. The van der Waals surface area contributed by atoms with Gasteiger partial charge in [0.25, 0.3) is 0 Å². The van der Waals surface area contributed by atoms with Gasteiger partial charge in [-0.05, 0) is 6.42 Å². The van der Waals surface area contributed by atoms with E-state index in [9.17, 15) is 0 Å². The number of hydrogen-bond acceptors (Lipinski definition) is 5. The molecule has 0 aliphatic heterocycles. The number of anilines is 1. The van der Waals surface area contributed by atoms with Gasteiger partial charge in [0.15, 0.2) is 5.13 Å². The predicted octanol–water partition coefficient (Wildman–Crippen LogP) is 4.17. The van der Waals surface area contributed by atoms with E-state index in [2.05, 4.69) is 43.4 Å². The van der Waals surface area contributed by atoms with Crippen molar-refractivity contribution in [3.8, 4) is 10.6 Å². The maximum Gasteiger partial charge on any atom is 0.182 e. The Morgan fingerprint density at radius 3 is 2.50 bits per heavy atom. The first-order chi connectivity index (χ1) is 8.45. The first kappa shape index (κ1) is 13.5. The molecule has 0 amide bonds. The zero-order valence-electron chi connectivity index (χ0n) is 11.5. The van der Waals surface area contributed by atoms with Gasteiger partial charge in [-0.1, -0.05) is 27.7 Å². The highest BCUT2D eigenvalue weighted by molar-refractivity contribution is 7.17. The molecule has 0 aromatic carbocycles. The second-order valence-electron chi connectivity index (χ2n) is 5.19. The van der Waals surface area contributed by atoms with E-state index in [1.165, 1.54) is 9.88 Å². The molecular formula is C13H19N3S2. The Bertz CT molecular complexity index is 535. The van der Waals surface area contributed by atoms with Crippen LogP contribution in [-0.2, 0) is 11.8 Å². The summed E-state index contributed by atoms with van der Waals surface area (Å²) in [6.45, 7) is 8.76. The van der Waals surface area contributed by atoms with Crippen LogP contribution in [0, 0.1) is 0 Å². The molecular weight excluding hydrogens is 262 g/mol. The lowest BCUT2D eigenvalue weighted by atomic mass is 9.98. The van der Waals surface area contributed by atoms with E-state index in [0.717, 1.165) is 22.9 Å². The van der Waals surface area contributed by atoms with Crippen LogP contribution < -0.4 is 5.32 Å². The Morgan fingerprint density at radius 2 is 2.00 bits per heavy atom. The molecule has 0 saturated carbocycles. The monoisotopic (exact) mass is 281 g/mol. The maximum absolute atomic E-state index is 4.77. The average molecular weight is 281 g/mol. The summed E-state index contributed by atoms with van der Waals surface area (Å²) in [4.78, 5) is 10.6. The van der Waals surface area contributed by atoms with E-state index in [0.29, 0.717) is 0 Å². The SMILES string of the molecule is CCc1nc(C(C)(C)C)sc1-c1csc(NC)n1. The minimum Gasteiger partial charge on any atom is -0.365 e. The molecule has 5 heteroatoms. The average Bonchev–Trinajstić information content (AvgIpc) is 2.93. The van der Waals surface area contributed by atoms with Crippen LogP contribution in [0.1, 0.15) is 38.4 Å². The summed E-state index contributed by atoms with van der Waals surface area (Å²) in [6, 6.07) is 0. The number of rotatable bonds is 3. The van der Waals surface area contributed by atoms with Gasteiger partial charge in [0.05, 0.1) is 21.3 Å². The third-order valence-electron chi connectivity index (χ3n) is 2.62. The molecule has 2 aromatic rings. The summed E-state index contributed by atoms with van der Waals surface area (Å²) in [5.41, 5.74) is 2.32. The van der Waals surface area contributed by atoms with Crippen LogP contribution in [-0.4, -0.2) is 17.0 Å². The van der Waals surface area contributed by atoms with Gasteiger partial charge in [0, 0.05) is 17.8 Å². The number of aryl methyl sites for hydroxylation is 1. The number of nitrogens with one attached hydrogen (secondary N) is 1. The smallest absolute Gasteiger partial charge is 0.182 e. The van der Waals surface area contributed by atoms with Gasteiger partial charge in [0.1, 0.15) is 0 Å². The number of nitrogens with zero attached hydrogens (tertiary/aromatic N) is 2. The fourth-order valence-corrected chi connectivity index (χ4v) is 3.51. The first-order valence-electron chi connectivity index (χ1n) is 6.09. The van der Waals surface area contributed by atoms with Crippen LogP contribution in [0.5, 0.6) is 0 Å². The van der Waals surface area contributed by atoms with Gasteiger partial charge in [-0.15, -0.1) is 22.7 Å². The van der Waals surface area contributed by atoms with Gasteiger partial charge in [-0.2, -0.15) is 0 Å². The molecule has 0 unspecified atom stereocenters. The van der Waals surface area contributed by atoms with Crippen LogP contribution in [0.3, 0.4) is 0 Å². The molecule has 0 bridgehead atoms. The number of aromatic nitrogens is 2. The lowest BCUT2D eigenvalue weighted by Crippen LogP contribution is -2.10. The predicted molar refractivity (Wildman–Crippen MR) is 80.8 cm³/mol. The lowest BCUT2D eigenvalue weighted by molar-refractivity contribution is 0.583. The Hall–Kier alpha value is -0.940. The highest BCUT2D eigenvalue weighted by Gasteiger charge is 2.22. The fraction of sp³-hybridized carbons (Fsp3) is 0.538. The molecule has 1 N–H and O–H groups in total. The Kier molecular flexibility index (Phi) is 3.73. The van der Waals surface area contributed by atoms with Crippen molar-refractivity contribution in [2.45, 2.75) is 39.5 Å². The van der Waals surface area contributed by atoms with Gasteiger partial charge in [-0.3, -0.25) is 0 Å². The quantitative estimate of drug-likeness (QED) is 0.917. The highest BCUT2D eigenvalue weighted by atomic mass is 32.1. The second-order valence-corrected chi connectivity index (χ2v) is 7.04. The molecule has 18 heavy (non-hydrogen) atoms. The minimum atomic E-state index is 0.106. The van der Waals surface area contributed by atoms with Gasteiger partial charge in [0.2, 0.25) is 0 Å². The Labute approximate surface area is 116 Å². The van der Waals surface area contributed by atoms with Crippen molar-refractivity contribution < 1.29 is 0 Å². The second kappa shape index (κ2) is 4.97. The van der Waals surface area contributed by atoms with E-state index >= 15 is 0 Å². The van der Waals surface area contributed by atoms with Gasteiger partial charge >= 0.3 is 0 Å². The molecule has 2 rings (SSSR count). The number of hydrogen-bond donors (Lipinski definition) is 1. The van der Waals surface area contributed by atoms with Crippen molar-refractivity contribution in [1.82, 2.24) is 9.97 Å². The molecule has 0 fully saturated rings. The number of thiazole rings is 2. The topological polar surface area (TPSA) is 37.8 Å². The van der Waals surface area contributed by atoms with E-state index in [-0.39, 0.29) is 5.41 Å². The molecule has 98 valence electrons. The summed E-state index contributed by atoms with van der Waals surface area (Å²) in [5.74, 6) is 0. The van der Waals surface area contributed by atoms with Crippen molar-refractivity contribution in [2.75, 3.05) is 12.4 Å². The van der Waals surface area contributed by atoms with E-state index in [1.54, 1.807) is 22.7 Å². The van der Waals surface area contributed by atoms with Crippen molar-refractivity contribution >= 4 is 27.8 Å². The summed E-state index contributed by atoms with van der Waals surface area (Å²) >= 11 is 3.41. The van der Waals surface area contributed by atoms with E-state index in [4.69, 9.17) is 4.98 Å². The largest absolute Gasteiger partial charge is 0.365 e. The minimum absolute atomic E-state index is 0.106. The molecule has 0 spiro atoms. The molecule has 0 aliphatic carbocycles. The first-order valence-corrected chi connectivity index (χ1v) is 7.79.